The Morgan fingerprint density at radius 1 is 1.04 bits per heavy atom. The molecule has 2 aromatic carbocycles. The zero-order valence-electron chi connectivity index (χ0n) is 14.6. The number of carbonyl (C=O) groups is 2. The number of nitrogens with one attached hydrogen (secondary N) is 2. The van der Waals surface area contributed by atoms with E-state index in [0.717, 1.165) is 11.1 Å². The fourth-order valence-electron chi connectivity index (χ4n) is 2.91. The lowest BCUT2D eigenvalue weighted by Gasteiger charge is -2.17. The van der Waals surface area contributed by atoms with E-state index < -0.39 is 6.04 Å². The quantitative estimate of drug-likeness (QED) is 0.900. The van der Waals surface area contributed by atoms with Gasteiger partial charge >= 0.3 is 6.03 Å². The molecule has 1 atom stereocenters. The van der Waals surface area contributed by atoms with E-state index in [1.54, 1.807) is 4.90 Å². The van der Waals surface area contributed by atoms with Gasteiger partial charge in [-0.05, 0) is 38.0 Å². The normalized spacial score (nSPS) is 16.8. The molecule has 1 saturated heterocycles. The van der Waals surface area contributed by atoms with Crippen molar-refractivity contribution >= 4 is 17.6 Å². The Balaban J connectivity index is 1.53. The maximum absolute atomic E-state index is 12.5. The fourth-order valence-corrected chi connectivity index (χ4v) is 2.91. The Kier molecular flexibility index (Phi) is 5.03. The molecule has 0 aromatic heterocycles. The van der Waals surface area contributed by atoms with Gasteiger partial charge in [0, 0.05) is 18.8 Å². The van der Waals surface area contributed by atoms with Crippen molar-refractivity contribution in [3.63, 3.8) is 0 Å². The van der Waals surface area contributed by atoms with E-state index in [-0.39, 0.29) is 11.9 Å². The van der Waals surface area contributed by atoms with Gasteiger partial charge in [0.1, 0.15) is 6.04 Å². The molecule has 0 radical (unpaired) electrons. The average Bonchev–Trinajstić information content (AvgIpc) is 2.92. The zero-order chi connectivity index (χ0) is 17.8. The Morgan fingerprint density at radius 2 is 1.64 bits per heavy atom. The van der Waals surface area contributed by atoms with Crippen molar-refractivity contribution in [2.45, 2.75) is 32.9 Å². The SMILES string of the molecule is Cc1ccc(CN2CC[C@@H](NC(=O)Nc3ccc(C)cc3)C2=O)cc1. The zero-order valence-corrected chi connectivity index (χ0v) is 14.6. The van der Waals surface area contributed by atoms with Crippen LogP contribution in [0, 0.1) is 13.8 Å². The maximum Gasteiger partial charge on any atom is 0.319 e. The lowest BCUT2D eigenvalue weighted by molar-refractivity contribution is -0.129. The third-order valence-corrected chi connectivity index (χ3v) is 4.41. The molecule has 0 unspecified atom stereocenters. The van der Waals surface area contributed by atoms with E-state index in [9.17, 15) is 9.59 Å². The number of amides is 3. The van der Waals surface area contributed by atoms with Crippen LogP contribution in [0.4, 0.5) is 10.5 Å². The number of rotatable bonds is 4. The molecule has 1 aliphatic rings. The van der Waals surface area contributed by atoms with Gasteiger partial charge in [0.15, 0.2) is 0 Å². The summed E-state index contributed by atoms with van der Waals surface area (Å²) < 4.78 is 0. The number of benzene rings is 2. The summed E-state index contributed by atoms with van der Waals surface area (Å²) in [6, 6.07) is 14.9. The van der Waals surface area contributed by atoms with E-state index in [1.165, 1.54) is 5.56 Å². The van der Waals surface area contributed by atoms with Crippen molar-refractivity contribution in [3.8, 4) is 0 Å². The van der Waals surface area contributed by atoms with Crippen LogP contribution >= 0.6 is 0 Å². The minimum Gasteiger partial charge on any atom is -0.336 e. The summed E-state index contributed by atoms with van der Waals surface area (Å²) in [7, 11) is 0. The molecule has 0 aliphatic carbocycles. The summed E-state index contributed by atoms with van der Waals surface area (Å²) in [6.07, 6.45) is 0.631. The highest BCUT2D eigenvalue weighted by molar-refractivity contribution is 5.94. The molecule has 5 nitrogen and oxygen atoms in total. The molecule has 3 rings (SSSR count). The third kappa shape index (κ3) is 4.38. The van der Waals surface area contributed by atoms with Crippen LogP contribution in [0.2, 0.25) is 0 Å². The van der Waals surface area contributed by atoms with Gasteiger partial charge < -0.3 is 15.5 Å². The van der Waals surface area contributed by atoms with Gasteiger partial charge in [-0.1, -0.05) is 47.5 Å². The number of urea groups is 1. The number of hydrogen-bond donors (Lipinski definition) is 2. The van der Waals surface area contributed by atoms with Gasteiger partial charge in [-0.25, -0.2) is 4.79 Å². The molecule has 2 N–H and O–H groups in total. The van der Waals surface area contributed by atoms with Crippen LogP contribution in [-0.2, 0) is 11.3 Å². The van der Waals surface area contributed by atoms with Crippen molar-refractivity contribution in [1.82, 2.24) is 10.2 Å². The monoisotopic (exact) mass is 337 g/mol. The van der Waals surface area contributed by atoms with E-state index in [4.69, 9.17) is 0 Å². The molecule has 25 heavy (non-hydrogen) atoms. The first-order chi connectivity index (χ1) is 12.0. The van der Waals surface area contributed by atoms with Gasteiger partial charge in [-0.2, -0.15) is 0 Å². The molecule has 1 fully saturated rings. The number of anilines is 1. The van der Waals surface area contributed by atoms with Gasteiger partial charge in [0.25, 0.3) is 0 Å². The summed E-state index contributed by atoms with van der Waals surface area (Å²) in [4.78, 5) is 26.4. The first-order valence-electron chi connectivity index (χ1n) is 8.50. The summed E-state index contributed by atoms with van der Waals surface area (Å²) >= 11 is 0. The highest BCUT2D eigenvalue weighted by atomic mass is 16.2. The standard InChI is InChI=1S/C20H23N3O2/c1-14-3-7-16(8-4-14)13-23-12-11-18(19(23)24)22-20(25)21-17-9-5-15(2)6-10-17/h3-10,18H,11-13H2,1-2H3,(H2,21,22,25)/t18-/m1/s1. The molecule has 0 saturated carbocycles. The predicted octanol–water partition coefficient (Wildman–Crippen LogP) is 3.23. The fraction of sp³-hybridized carbons (Fsp3) is 0.300. The Morgan fingerprint density at radius 3 is 2.28 bits per heavy atom. The van der Waals surface area contributed by atoms with Crippen LogP contribution < -0.4 is 10.6 Å². The van der Waals surface area contributed by atoms with Gasteiger partial charge in [0.05, 0.1) is 0 Å². The van der Waals surface area contributed by atoms with Crippen molar-refractivity contribution in [1.29, 1.82) is 0 Å². The Hall–Kier alpha value is -2.82. The minimum atomic E-state index is -0.462. The smallest absolute Gasteiger partial charge is 0.319 e. The van der Waals surface area contributed by atoms with E-state index in [1.807, 2.05) is 62.4 Å². The van der Waals surface area contributed by atoms with Crippen molar-refractivity contribution in [2.24, 2.45) is 0 Å². The van der Waals surface area contributed by atoms with Crippen molar-refractivity contribution in [2.75, 3.05) is 11.9 Å². The average molecular weight is 337 g/mol. The number of likely N-dealkylation sites (tertiary alicyclic amines) is 1. The molecular formula is C20H23N3O2. The molecule has 2 aromatic rings. The Labute approximate surface area is 148 Å². The summed E-state index contributed by atoms with van der Waals surface area (Å²) in [5.74, 6) is -0.0281. The second kappa shape index (κ2) is 7.38. The molecule has 130 valence electrons. The van der Waals surface area contributed by atoms with Gasteiger partial charge in [-0.15, -0.1) is 0 Å². The van der Waals surface area contributed by atoms with Crippen LogP contribution in [0.1, 0.15) is 23.1 Å². The summed E-state index contributed by atoms with van der Waals surface area (Å²) in [5.41, 5.74) is 4.14. The first-order valence-corrected chi connectivity index (χ1v) is 8.50. The number of carbonyl (C=O) groups excluding carboxylic acids is 2. The highest BCUT2D eigenvalue weighted by Gasteiger charge is 2.32. The lowest BCUT2D eigenvalue weighted by Crippen LogP contribution is -2.43. The highest BCUT2D eigenvalue weighted by Crippen LogP contribution is 2.16. The van der Waals surface area contributed by atoms with E-state index in [2.05, 4.69) is 10.6 Å². The van der Waals surface area contributed by atoms with Gasteiger partial charge in [0.2, 0.25) is 5.91 Å². The molecule has 5 heteroatoms. The maximum atomic E-state index is 12.5. The third-order valence-electron chi connectivity index (χ3n) is 4.41. The molecule has 1 aliphatic heterocycles. The van der Waals surface area contributed by atoms with Gasteiger partial charge in [-0.3, -0.25) is 4.79 Å². The summed E-state index contributed by atoms with van der Waals surface area (Å²) in [6.45, 7) is 5.26. The molecule has 0 spiro atoms. The Bertz CT molecular complexity index is 754. The van der Waals surface area contributed by atoms with Crippen LogP contribution in [0.25, 0.3) is 0 Å². The number of nitrogens with zero attached hydrogens (tertiary/aromatic N) is 1. The van der Waals surface area contributed by atoms with Crippen molar-refractivity contribution < 1.29 is 9.59 Å². The summed E-state index contributed by atoms with van der Waals surface area (Å²) in [5, 5.41) is 5.54. The largest absolute Gasteiger partial charge is 0.336 e. The van der Waals surface area contributed by atoms with Crippen LogP contribution in [0.5, 0.6) is 0 Å². The second-order valence-corrected chi connectivity index (χ2v) is 6.55. The minimum absolute atomic E-state index is 0.0281. The van der Waals surface area contributed by atoms with Crippen molar-refractivity contribution in [3.05, 3.63) is 65.2 Å². The molecule has 3 amide bonds. The van der Waals surface area contributed by atoms with Crippen LogP contribution in [0.3, 0.4) is 0 Å². The second-order valence-electron chi connectivity index (χ2n) is 6.55. The lowest BCUT2D eigenvalue weighted by atomic mass is 10.1. The van der Waals surface area contributed by atoms with E-state index in [0.29, 0.717) is 25.2 Å². The van der Waals surface area contributed by atoms with Crippen LogP contribution in [-0.4, -0.2) is 29.4 Å². The first kappa shape index (κ1) is 17.0. The number of hydrogen-bond acceptors (Lipinski definition) is 2. The molecular weight excluding hydrogens is 314 g/mol. The topological polar surface area (TPSA) is 61.4 Å². The predicted molar refractivity (Wildman–Crippen MR) is 98.3 cm³/mol. The van der Waals surface area contributed by atoms with Crippen LogP contribution in [0.15, 0.2) is 48.5 Å². The molecule has 1 heterocycles. The molecule has 0 bridgehead atoms. The number of aryl methyl sites for hydroxylation is 2. The van der Waals surface area contributed by atoms with E-state index >= 15 is 0 Å².